The third kappa shape index (κ3) is 1.51. The number of anilines is 1. The van der Waals surface area contributed by atoms with E-state index in [-0.39, 0.29) is 0 Å². The predicted molar refractivity (Wildman–Crippen MR) is 62.8 cm³/mol. The van der Waals surface area contributed by atoms with Crippen LogP contribution in [0.4, 0.5) is 5.82 Å². The topological polar surface area (TPSA) is 56.7 Å². The van der Waals surface area contributed by atoms with Gasteiger partial charge in [-0.05, 0) is 43.4 Å². The van der Waals surface area contributed by atoms with Gasteiger partial charge in [-0.25, -0.2) is 4.68 Å². The molecule has 3 unspecified atom stereocenters. The molecule has 2 bridgehead atoms. The van der Waals surface area contributed by atoms with Gasteiger partial charge in [0.05, 0.1) is 5.69 Å². The monoisotopic (exact) mass is 220 g/mol. The third-order valence-corrected chi connectivity index (χ3v) is 4.49. The fourth-order valence-electron chi connectivity index (χ4n) is 3.68. The van der Waals surface area contributed by atoms with Crippen LogP contribution in [-0.4, -0.2) is 15.0 Å². The van der Waals surface area contributed by atoms with E-state index in [1.165, 1.54) is 25.7 Å². The number of aromatic nitrogens is 3. The molecule has 2 aliphatic rings. The lowest BCUT2D eigenvalue weighted by Gasteiger charge is -2.21. The third-order valence-electron chi connectivity index (χ3n) is 4.49. The molecule has 1 aromatic heterocycles. The van der Waals surface area contributed by atoms with E-state index >= 15 is 0 Å². The number of hydrogen-bond donors (Lipinski definition) is 1. The van der Waals surface area contributed by atoms with E-state index in [1.54, 1.807) is 0 Å². The summed E-state index contributed by atoms with van der Waals surface area (Å²) in [6, 6.07) is 0. The average Bonchev–Trinajstić information content (AvgIpc) is 2.94. The molecule has 2 N–H and O–H groups in total. The molecule has 88 valence electrons. The van der Waals surface area contributed by atoms with E-state index in [2.05, 4.69) is 17.2 Å². The van der Waals surface area contributed by atoms with Gasteiger partial charge in [-0.2, -0.15) is 0 Å². The first-order valence-corrected chi connectivity index (χ1v) is 6.45. The second-order valence-corrected chi connectivity index (χ2v) is 5.39. The molecule has 0 aromatic carbocycles. The number of fused-ring (bicyclic) bond motifs is 2. The van der Waals surface area contributed by atoms with Crippen molar-refractivity contribution < 1.29 is 0 Å². The van der Waals surface area contributed by atoms with Crippen molar-refractivity contribution in [2.24, 2.45) is 17.8 Å². The van der Waals surface area contributed by atoms with Gasteiger partial charge in [-0.15, -0.1) is 5.10 Å². The first-order chi connectivity index (χ1) is 7.78. The maximum absolute atomic E-state index is 5.81. The SMILES string of the molecule is CCc1c(N)nnn1CC1CC2CCC1C2. The predicted octanol–water partition coefficient (Wildman–Crippen LogP) is 1.86. The molecule has 0 aliphatic heterocycles. The van der Waals surface area contributed by atoms with E-state index in [9.17, 15) is 0 Å². The molecule has 0 saturated heterocycles. The van der Waals surface area contributed by atoms with Crippen molar-refractivity contribution in [2.75, 3.05) is 5.73 Å². The minimum Gasteiger partial charge on any atom is -0.381 e. The Bertz CT molecular complexity index is 384. The molecule has 0 spiro atoms. The summed E-state index contributed by atoms with van der Waals surface area (Å²) >= 11 is 0. The van der Waals surface area contributed by atoms with Gasteiger partial charge in [0.25, 0.3) is 0 Å². The van der Waals surface area contributed by atoms with Gasteiger partial charge in [0.1, 0.15) is 0 Å². The summed E-state index contributed by atoms with van der Waals surface area (Å²) in [6.45, 7) is 3.15. The largest absolute Gasteiger partial charge is 0.381 e. The van der Waals surface area contributed by atoms with Gasteiger partial charge in [0.2, 0.25) is 0 Å². The van der Waals surface area contributed by atoms with Crippen molar-refractivity contribution in [2.45, 2.75) is 45.6 Å². The van der Waals surface area contributed by atoms with E-state index in [0.717, 1.165) is 36.4 Å². The Hall–Kier alpha value is -1.06. The molecule has 3 atom stereocenters. The lowest BCUT2D eigenvalue weighted by molar-refractivity contribution is 0.280. The Morgan fingerprint density at radius 1 is 1.38 bits per heavy atom. The quantitative estimate of drug-likeness (QED) is 0.846. The Morgan fingerprint density at radius 2 is 2.25 bits per heavy atom. The summed E-state index contributed by atoms with van der Waals surface area (Å²) in [5, 5.41) is 8.16. The number of nitrogens with two attached hydrogens (primary N) is 1. The van der Waals surface area contributed by atoms with Crippen LogP contribution in [0.2, 0.25) is 0 Å². The average molecular weight is 220 g/mol. The second-order valence-electron chi connectivity index (χ2n) is 5.39. The van der Waals surface area contributed by atoms with E-state index in [0.29, 0.717) is 5.82 Å². The number of rotatable bonds is 3. The van der Waals surface area contributed by atoms with Gasteiger partial charge >= 0.3 is 0 Å². The molecule has 1 aromatic rings. The minimum atomic E-state index is 0.616. The van der Waals surface area contributed by atoms with Gasteiger partial charge in [0, 0.05) is 6.54 Å². The van der Waals surface area contributed by atoms with Gasteiger partial charge < -0.3 is 5.73 Å². The zero-order chi connectivity index (χ0) is 11.1. The Labute approximate surface area is 96.2 Å². The fraction of sp³-hybridized carbons (Fsp3) is 0.833. The van der Waals surface area contributed by atoms with Crippen LogP contribution in [0.3, 0.4) is 0 Å². The maximum atomic E-state index is 5.81. The molecule has 0 amide bonds. The summed E-state index contributed by atoms with van der Waals surface area (Å²) in [4.78, 5) is 0. The molecule has 2 saturated carbocycles. The summed E-state index contributed by atoms with van der Waals surface area (Å²) in [7, 11) is 0. The Morgan fingerprint density at radius 3 is 2.88 bits per heavy atom. The van der Waals surface area contributed by atoms with Crippen molar-refractivity contribution in [3.63, 3.8) is 0 Å². The molecule has 3 rings (SSSR count). The number of nitrogens with zero attached hydrogens (tertiary/aromatic N) is 3. The van der Waals surface area contributed by atoms with Crippen LogP contribution < -0.4 is 5.73 Å². The highest BCUT2D eigenvalue weighted by Gasteiger charge is 2.39. The van der Waals surface area contributed by atoms with Crippen LogP contribution in [0.25, 0.3) is 0 Å². The van der Waals surface area contributed by atoms with Crippen molar-refractivity contribution in [1.29, 1.82) is 0 Å². The van der Waals surface area contributed by atoms with E-state index in [1.807, 2.05) is 4.68 Å². The van der Waals surface area contributed by atoms with Gasteiger partial charge in [-0.1, -0.05) is 18.6 Å². The fourth-order valence-corrected chi connectivity index (χ4v) is 3.68. The molecular formula is C12H20N4. The molecule has 16 heavy (non-hydrogen) atoms. The molecular weight excluding hydrogens is 200 g/mol. The van der Waals surface area contributed by atoms with Crippen LogP contribution in [0.5, 0.6) is 0 Å². The zero-order valence-electron chi connectivity index (χ0n) is 9.89. The van der Waals surface area contributed by atoms with Crippen LogP contribution in [0.1, 0.15) is 38.3 Å². The highest BCUT2D eigenvalue weighted by Crippen LogP contribution is 2.48. The summed E-state index contributed by atoms with van der Waals surface area (Å²) in [5.74, 6) is 3.39. The number of nitrogen functional groups attached to an aromatic ring is 1. The van der Waals surface area contributed by atoms with Crippen LogP contribution >= 0.6 is 0 Å². The minimum absolute atomic E-state index is 0.616. The lowest BCUT2D eigenvalue weighted by atomic mass is 9.89. The molecule has 4 nitrogen and oxygen atoms in total. The lowest BCUT2D eigenvalue weighted by Crippen LogP contribution is -2.19. The van der Waals surface area contributed by atoms with Crippen LogP contribution in [0.15, 0.2) is 0 Å². The zero-order valence-corrected chi connectivity index (χ0v) is 9.89. The van der Waals surface area contributed by atoms with Crippen molar-refractivity contribution in [3.05, 3.63) is 5.69 Å². The molecule has 2 aliphatic carbocycles. The van der Waals surface area contributed by atoms with Gasteiger partial charge in [0.15, 0.2) is 5.82 Å². The highest BCUT2D eigenvalue weighted by atomic mass is 15.4. The molecule has 1 heterocycles. The molecule has 0 radical (unpaired) electrons. The summed E-state index contributed by atoms with van der Waals surface area (Å²) in [5.41, 5.74) is 6.92. The number of hydrogen-bond acceptors (Lipinski definition) is 3. The van der Waals surface area contributed by atoms with Crippen molar-refractivity contribution in [3.8, 4) is 0 Å². The molecule has 2 fully saturated rings. The first kappa shape index (κ1) is 10.1. The summed E-state index contributed by atoms with van der Waals surface area (Å²) in [6.07, 6.45) is 6.67. The molecule has 4 heteroatoms. The maximum Gasteiger partial charge on any atom is 0.169 e. The van der Waals surface area contributed by atoms with E-state index < -0.39 is 0 Å². The van der Waals surface area contributed by atoms with Crippen LogP contribution in [-0.2, 0) is 13.0 Å². The highest BCUT2D eigenvalue weighted by molar-refractivity contribution is 5.32. The van der Waals surface area contributed by atoms with Gasteiger partial charge in [-0.3, -0.25) is 0 Å². The van der Waals surface area contributed by atoms with Crippen molar-refractivity contribution >= 4 is 5.82 Å². The normalized spacial score (nSPS) is 32.4. The smallest absolute Gasteiger partial charge is 0.169 e. The van der Waals surface area contributed by atoms with Crippen molar-refractivity contribution in [1.82, 2.24) is 15.0 Å². The summed E-state index contributed by atoms with van der Waals surface area (Å²) < 4.78 is 2.04. The Kier molecular flexibility index (Phi) is 2.37. The Balaban J connectivity index is 1.74. The first-order valence-electron chi connectivity index (χ1n) is 6.45. The second kappa shape index (κ2) is 3.75. The standard InChI is InChI=1S/C12H20N4/c1-2-11-12(13)14-15-16(11)7-10-6-8-3-4-9(10)5-8/h8-10H,2-7,13H2,1H3. The van der Waals surface area contributed by atoms with Crippen LogP contribution in [0, 0.1) is 17.8 Å². The van der Waals surface area contributed by atoms with E-state index in [4.69, 9.17) is 5.73 Å².